The lowest BCUT2D eigenvalue weighted by Gasteiger charge is -2.08. The third-order valence-electron chi connectivity index (χ3n) is 5.63. The number of nitrogens with one attached hydrogen (secondary N) is 2. The first-order chi connectivity index (χ1) is 19.4. The number of aryl methyl sites for hydroxylation is 1. The summed E-state index contributed by atoms with van der Waals surface area (Å²) in [5.74, 6) is -0.399. The Morgan fingerprint density at radius 3 is 2.15 bits per heavy atom. The van der Waals surface area contributed by atoms with Crippen LogP contribution in [-0.2, 0) is 21.2 Å². The topological polar surface area (TPSA) is 121 Å². The summed E-state index contributed by atoms with van der Waals surface area (Å²) in [6.07, 6.45) is -4.47. The molecular weight excluding hydrogens is 559 g/mol. The van der Waals surface area contributed by atoms with E-state index in [2.05, 4.69) is 14.7 Å². The maximum absolute atomic E-state index is 12.7. The van der Waals surface area contributed by atoms with Crippen molar-refractivity contribution in [2.45, 2.75) is 24.4 Å². The molecule has 3 N–H and O–H groups in total. The van der Waals surface area contributed by atoms with Crippen molar-refractivity contribution < 1.29 is 36.2 Å². The number of halogens is 3. The Morgan fingerprint density at radius 2 is 1.54 bits per heavy atom. The second-order valence-electron chi connectivity index (χ2n) is 8.87. The van der Waals surface area contributed by atoms with Crippen molar-refractivity contribution in [3.63, 3.8) is 0 Å². The Bertz CT molecular complexity index is 1740. The first-order valence-corrected chi connectivity index (χ1v) is 13.6. The SMILES string of the molecule is Cc1ccc(S(=O)(=O)Nc2ccc3nc(Cc4ccc(Oc5ccccc5)cc4)[nH]c3c2)cc1.O=C(O)C(F)(F)F. The highest BCUT2D eigenvalue weighted by molar-refractivity contribution is 7.92. The highest BCUT2D eigenvalue weighted by Gasteiger charge is 2.38. The van der Waals surface area contributed by atoms with Crippen LogP contribution in [0.15, 0.2) is 102 Å². The van der Waals surface area contributed by atoms with Crippen LogP contribution in [0.3, 0.4) is 0 Å². The number of rotatable bonds is 7. The Morgan fingerprint density at radius 1 is 0.927 bits per heavy atom. The second-order valence-corrected chi connectivity index (χ2v) is 10.6. The molecule has 5 rings (SSSR count). The fourth-order valence-corrected chi connectivity index (χ4v) is 4.68. The van der Waals surface area contributed by atoms with Gasteiger partial charge in [0.2, 0.25) is 0 Å². The third-order valence-corrected chi connectivity index (χ3v) is 7.03. The normalized spacial score (nSPS) is 11.4. The van der Waals surface area contributed by atoms with Gasteiger partial charge in [0.1, 0.15) is 17.3 Å². The molecule has 1 aromatic heterocycles. The Hall–Kier alpha value is -4.84. The summed E-state index contributed by atoms with van der Waals surface area (Å²) < 4.78 is 65.6. The molecule has 0 saturated heterocycles. The van der Waals surface area contributed by atoms with Gasteiger partial charge in [0, 0.05) is 6.42 Å². The number of fused-ring (bicyclic) bond motifs is 1. The number of alkyl halides is 3. The van der Waals surface area contributed by atoms with Crippen molar-refractivity contribution in [1.29, 1.82) is 0 Å². The number of benzene rings is 4. The molecule has 5 aromatic rings. The highest BCUT2D eigenvalue weighted by Crippen LogP contribution is 2.24. The van der Waals surface area contributed by atoms with Gasteiger partial charge in [0.05, 0.1) is 21.6 Å². The standard InChI is InChI=1S/C27H23N3O3S.C2HF3O2/c1-19-7-14-24(15-8-19)34(31,32)30-21-11-16-25-26(18-21)29-27(28-25)17-20-9-12-23(13-10-20)33-22-5-3-2-4-6-22;3-2(4,5)1(6)7/h2-16,18,30H,17H2,1H3,(H,28,29);(H,6,7). The summed E-state index contributed by atoms with van der Waals surface area (Å²) in [6.45, 7) is 1.92. The minimum Gasteiger partial charge on any atom is -0.475 e. The van der Waals surface area contributed by atoms with Crippen molar-refractivity contribution in [2.24, 2.45) is 0 Å². The predicted octanol–water partition coefficient (Wildman–Crippen LogP) is 6.69. The van der Waals surface area contributed by atoms with Crippen LogP contribution in [0.5, 0.6) is 11.5 Å². The van der Waals surface area contributed by atoms with E-state index in [0.29, 0.717) is 12.1 Å². The highest BCUT2D eigenvalue weighted by atomic mass is 32.2. The molecule has 0 aliphatic carbocycles. The molecule has 4 aromatic carbocycles. The number of nitrogens with zero attached hydrogens (tertiary/aromatic N) is 1. The summed E-state index contributed by atoms with van der Waals surface area (Å²) in [5, 5.41) is 7.12. The third kappa shape index (κ3) is 8.08. The number of sulfonamides is 1. The van der Waals surface area contributed by atoms with E-state index in [4.69, 9.17) is 14.6 Å². The smallest absolute Gasteiger partial charge is 0.475 e. The van der Waals surface area contributed by atoms with Crippen molar-refractivity contribution in [3.05, 3.63) is 114 Å². The number of anilines is 1. The van der Waals surface area contributed by atoms with Gasteiger partial charge in [-0.2, -0.15) is 13.2 Å². The minimum absolute atomic E-state index is 0.225. The maximum atomic E-state index is 12.7. The van der Waals surface area contributed by atoms with E-state index < -0.39 is 22.2 Å². The summed E-state index contributed by atoms with van der Waals surface area (Å²) in [5.41, 5.74) is 4.11. The molecule has 0 bridgehead atoms. The monoisotopic (exact) mass is 583 g/mol. The zero-order chi connectivity index (χ0) is 29.6. The summed E-state index contributed by atoms with van der Waals surface area (Å²) in [7, 11) is -3.66. The minimum atomic E-state index is -5.08. The van der Waals surface area contributed by atoms with E-state index >= 15 is 0 Å². The zero-order valence-electron chi connectivity index (χ0n) is 21.5. The number of aliphatic carboxylic acids is 1. The first-order valence-electron chi connectivity index (χ1n) is 12.1. The van der Waals surface area contributed by atoms with Crippen LogP contribution in [0.4, 0.5) is 18.9 Å². The molecule has 0 atom stereocenters. The molecule has 212 valence electrons. The number of imidazole rings is 1. The molecule has 0 spiro atoms. The number of carboxylic acids is 1. The van der Waals surface area contributed by atoms with Crippen LogP contribution in [-0.4, -0.2) is 35.6 Å². The first kappa shape index (κ1) is 29.2. The number of para-hydroxylation sites is 1. The van der Waals surface area contributed by atoms with Gasteiger partial charge in [-0.25, -0.2) is 18.2 Å². The van der Waals surface area contributed by atoms with Gasteiger partial charge < -0.3 is 14.8 Å². The van der Waals surface area contributed by atoms with Crippen LogP contribution in [0.1, 0.15) is 17.0 Å². The zero-order valence-corrected chi connectivity index (χ0v) is 22.3. The fraction of sp³-hybridized carbons (Fsp3) is 0.103. The van der Waals surface area contributed by atoms with Gasteiger partial charge in [-0.3, -0.25) is 4.72 Å². The van der Waals surface area contributed by atoms with Crippen LogP contribution in [0, 0.1) is 6.92 Å². The number of hydrogen-bond donors (Lipinski definition) is 3. The number of hydrogen-bond acceptors (Lipinski definition) is 5. The quantitative estimate of drug-likeness (QED) is 0.196. The molecular formula is C29H24F3N3O5S. The van der Waals surface area contributed by atoms with Crippen molar-refractivity contribution in [2.75, 3.05) is 4.72 Å². The number of ether oxygens (including phenoxy) is 1. The molecule has 0 saturated carbocycles. The van der Waals surface area contributed by atoms with E-state index in [1.807, 2.05) is 61.5 Å². The Kier molecular flexibility index (Phi) is 8.62. The summed E-state index contributed by atoms with van der Waals surface area (Å²) in [6, 6.07) is 29.6. The molecule has 8 nitrogen and oxygen atoms in total. The number of carboxylic acid groups (broad SMARTS) is 1. The van der Waals surface area contributed by atoms with Crippen LogP contribution in [0.25, 0.3) is 11.0 Å². The Balaban J connectivity index is 0.000000493. The summed E-state index contributed by atoms with van der Waals surface area (Å²) >= 11 is 0. The molecule has 12 heteroatoms. The molecule has 0 radical (unpaired) electrons. The lowest BCUT2D eigenvalue weighted by atomic mass is 10.1. The largest absolute Gasteiger partial charge is 0.490 e. The van der Waals surface area contributed by atoms with Crippen molar-refractivity contribution >= 4 is 32.7 Å². The molecule has 1 heterocycles. The molecule has 0 amide bonds. The van der Waals surface area contributed by atoms with E-state index in [1.54, 1.807) is 42.5 Å². The summed E-state index contributed by atoms with van der Waals surface area (Å²) in [4.78, 5) is 17.1. The predicted molar refractivity (Wildman–Crippen MR) is 148 cm³/mol. The van der Waals surface area contributed by atoms with E-state index in [9.17, 15) is 21.6 Å². The van der Waals surface area contributed by atoms with Gasteiger partial charge in [-0.1, -0.05) is 48.0 Å². The second kappa shape index (κ2) is 12.1. The Labute approximate surface area is 233 Å². The molecule has 0 unspecified atom stereocenters. The fourth-order valence-electron chi connectivity index (χ4n) is 3.63. The van der Waals surface area contributed by atoms with Crippen LogP contribution < -0.4 is 9.46 Å². The lowest BCUT2D eigenvalue weighted by molar-refractivity contribution is -0.192. The molecule has 0 fully saturated rings. The van der Waals surface area contributed by atoms with Gasteiger partial charge in [0.15, 0.2) is 0 Å². The van der Waals surface area contributed by atoms with Gasteiger partial charge in [0.25, 0.3) is 10.0 Å². The molecule has 41 heavy (non-hydrogen) atoms. The van der Waals surface area contributed by atoms with E-state index in [1.165, 1.54) is 0 Å². The van der Waals surface area contributed by atoms with Gasteiger partial charge in [-0.15, -0.1) is 0 Å². The van der Waals surface area contributed by atoms with E-state index in [-0.39, 0.29) is 4.90 Å². The van der Waals surface area contributed by atoms with Crippen molar-refractivity contribution in [1.82, 2.24) is 9.97 Å². The van der Waals surface area contributed by atoms with E-state index in [0.717, 1.165) is 39.5 Å². The average molecular weight is 584 g/mol. The maximum Gasteiger partial charge on any atom is 0.490 e. The van der Waals surface area contributed by atoms with Gasteiger partial charge >= 0.3 is 12.1 Å². The molecule has 0 aliphatic rings. The van der Waals surface area contributed by atoms with Crippen LogP contribution in [0.2, 0.25) is 0 Å². The van der Waals surface area contributed by atoms with Gasteiger partial charge in [-0.05, 0) is 67.1 Å². The van der Waals surface area contributed by atoms with Crippen LogP contribution >= 0.6 is 0 Å². The lowest BCUT2D eigenvalue weighted by Crippen LogP contribution is -2.21. The molecule has 0 aliphatic heterocycles. The van der Waals surface area contributed by atoms with Crippen molar-refractivity contribution in [3.8, 4) is 11.5 Å². The number of aromatic amines is 1. The number of carbonyl (C=O) groups is 1. The average Bonchev–Trinajstić information content (AvgIpc) is 3.32. The number of H-pyrrole nitrogens is 1. The number of aromatic nitrogens is 2.